The van der Waals surface area contributed by atoms with Gasteiger partial charge in [-0.2, -0.15) is 5.10 Å². The summed E-state index contributed by atoms with van der Waals surface area (Å²) in [6.45, 7) is 3.05. The van der Waals surface area contributed by atoms with E-state index in [-0.39, 0.29) is 11.8 Å². The molecule has 1 saturated heterocycles. The highest BCUT2D eigenvalue weighted by Gasteiger charge is 2.30. The van der Waals surface area contributed by atoms with E-state index >= 15 is 0 Å². The van der Waals surface area contributed by atoms with Crippen molar-refractivity contribution in [2.24, 2.45) is 0 Å². The predicted octanol–water partition coefficient (Wildman–Crippen LogP) is 2.18. The minimum absolute atomic E-state index is 0.131. The summed E-state index contributed by atoms with van der Waals surface area (Å²) in [6, 6.07) is 3.93. The maximum absolute atomic E-state index is 12.7. The van der Waals surface area contributed by atoms with E-state index in [1.54, 1.807) is 19.3 Å². The van der Waals surface area contributed by atoms with Crippen LogP contribution in [-0.4, -0.2) is 49.4 Å². The highest BCUT2D eigenvalue weighted by atomic mass is 16.6. The Morgan fingerprint density at radius 3 is 2.92 bits per heavy atom. The molecular weight excluding hydrogens is 320 g/mol. The van der Waals surface area contributed by atoms with Crippen molar-refractivity contribution < 1.29 is 9.42 Å². The minimum atomic E-state index is -0.131. The summed E-state index contributed by atoms with van der Waals surface area (Å²) in [5.41, 5.74) is 3.99. The topological polar surface area (TPSA) is 101 Å². The molecule has 0 radical (unpaired) electrons. The standard InChI is InChI=1S/C17H18N6O2/c1-11-15(22-25-21-11)17(24)23-8-2-3-13(10-23)16-14(9-19-20-16)12-4-6-18-7-5-12/h4-7,9,13H,2-3,8,10H2,1H3,(H,19,20)/t13-/m0/s1. The van der Waals surface area contributed by atoms with E-state index in [0.29, 0.717) is 24.5 Å². The molecule has 1 aliphatic heterocycles. The Morgan fingerprint density at radius 1 is 1.32 bits per heavy atom. The molecule has 4 heterocycles. The van der Waals surface area contributed by atoms with Crippen LogP contribution in [0.15, 0.2) is 35.4 Å². The van der Waals surface area contributed by atoms with E-state index in [2.05, 4.69) is 30.1 Å². The minimum Gasteiger partial charge on any atom is -0.336 e. The first kappa shape index (κ1) is 15.5. The Labute approximate surface area is 144 Å². The molecule has 4 rings (SSSR count). The summed E-state index contributed by atoms with van der Waals surface area (Å²) in [7, 11) is 0. The monoisotopic (exact) mass is 338 g/mol. The Bertz CT molecular complexity index is 872. The van der Waals surface area contributed by atoms with Crippen molar-refractivity contribution in [3.05, 3.63) is 47.8 Å². The molecule has 25 heavy (non-hydrogen) atoms. The fourth-order valence-corrected chi connectivity index (χ4v) is 3.34. The molecular formula is C17H18N6O2. The molecule has 128 valence electrons. The lowest BCUT2D eigenvalue weighted by Crippen LogP contribution is -2.39. The third kappa shape index (κ3) is 2.90. The van der Waals surface area contributed by atoms with Crippen LogP contribution in [0, 0.1) is 6.92 Å². The van der Waals surface area contributed by atoms with E-state index in [0.717, 1.165) is 29.7 Å². The zero-order valence-corrected chi connectivity index (χ0v) is 13.8. The van der Waals surface area contributed by atoms with Crippen molar-refractivity contribution >= 4 is 5.91 Å². The van der Waals surface area contributed by atoms with Gasteiger partial charge in [0.1, 0.15) is 5.69 Å². The van der Waals surface area contributed by atoms with Gasteiger partial charge in [0.2, 0.25) is 0 Å². The molecule has 0 bridgehead atoms. The van der Waals surface area contributed by atoms with Crippen LogP contribution in [0.25, 0.3) is 11.1 Å². The second-order valence-electron chi connectivity index (χ2n) is 6.22. The summed E-state index contributed by atoms with van der Waals surface area (Å²) < 4.78 is 4.66. The van der Waals surface area contributed by atoms with Crippen molar-refractivity contribution in [2.45, 2.75) is 25.7 Å². The number of rotatable bonds is 3. The number of aromatic nitrogens is 5. The Hall–Kier alpha value is -3.03. The van der Waals surface area contributed by atoms with Gasteiger partial charge >= 0.3 is 0 Å². The van der Waals surface area contributed by atoms with Gasteiger partial charge in [0.25, 0.3) is 5.91 Å². The lowest BCUT2D eigenvalue weighted by atomic mass is 9.90. The number of carbonyl (C=O) groups is 1. The molecule has 1 aliphatic rings. The van der Waals surface area contributed by atoms with Crippen LogP contribution in [0.2, 0.25) is 0 Å². The van der Waals surface area contributed by atoms with Crippen molar-refractivity contribution in [3.63, 3.8) is 0 Å². The number of nitrogens with zero attached hydrogens (tertiary/aromatic N) is 5. The van der Waals surface area contributed by atoms with Crippen molar-refractivity contribution in [1.29, 1.82) is 0 Å². The number of amides is 1. The van der Waals surface area contributed by atoms with E-state index in [4.69, 9.17) is 0 Å². The number of nitrogens with one attached hydrogen (secondary N) is 1. The van der Waals surface area contributed by atoms with Crippen molar-refractivity contribution in [2.75, 3.05) is 13.1 Å². The summed E-state index contributed by atoms with van der Waals surface area (Å²) in [5.74, 6) is 0.0666. The van der Waals surface area contributed by atoms with Gasteiger partial charge in [-0.3, -0.25) is 14.9 Å². The number of hydrogen-bond acceptors (Lipinski definition) is 6. The number of H-pyrrole nitrogens is 1. The highest BCUT2D eigenvalue weighted by Crippen LogP contribution is 2.33. The van der Waals surface area contributed by atoms with Gasteiger partial charge in [-0.15, -0.1) is 0 Å². The first-order valence-corrected chi connectivity index (χ1v) is 8.26. The van der Waals surface area contributed by atoms with Gasteiger partial charge < -0.3 is 4.90 Å². The maximum Gasteiger partial charge on any atom is 0.278 e. The fraction of sp³-hybridized carbons (Fsp3) is 0.353. The normalized spacial score (nSPS) is 17.6. The zero-order valence-electron chi connectivity index (χ0n) is 13.8. The van der Waals surface area contributed by atoms with Crippen LogP contribution in [0.5, 0.6) is 0 Å². The van der Waals surface area contributed by atoms with E-state index < -0.39 is 0 Å². The number of pyridine rings is 1. The third-order valence-electron chi connectivity index (χ3n) is 4.63. The summed E-state index contributed by atoms with van der Waals surface area (Å²) in [5, 5.41) is 14.8. The second kappa shape index (κ2) is 6.46. The first-order valence-electron chi connectivity index (χ1n) is 8.26. The molecule has 0 unspecified atom stereocenters. The number of carbonyl (C=O) groups excluding carboxylic acids is 1. The molecule has 1 N–H and O–H groups in total. The summed E-state index contributed by atoms with van der Waals surface area (Å²) >= 11 is 0. The van der Waals surface area contributed by atoms with E-state index in [1.807, 2.05) is 23.2 Å². The lowest BCUT2D eigenvalue weighted by Gasteiger charge is -2.32. The van der Waals surface area contributed by atoms with Crippen molar-refractivity contribution in [3.8, 4) is 11.1 Å². The fourth-order valence-electron chi connectivity index (χ4n) is 3.34. The van der Waals surface area contributed by atoms with Crippen LogP contribution in [-0.2, 0) is 0 Å². The Morgan fingerprint density at radius 2 is 2.16 bits per heavy atom. The molecule has 8 heteroatoms. The van der Waals surface area contributed by atoms with Crippen LogP contribution >= 0.6 is 0 Å². The van der Waals surface area contributed by atoms with Gasteiger partial charge in [-0.1, -0.05) is 5.16 Å². The Kier molecular flexibility index (Phi) is 4.01. The van der Waals surface area contributed by atoms with Gasteiger partial charge in [0.15, 0.2) is 5.69 Å². The predicted molar refractivity (Wildman–Crippen MR) is 88.7 cm³/mol. The molecule has 3 aromatic rings. The quantitative estimate of drug-likeness (QED) is 0.785. The molecule has 1 amide bonds. The van der Waals surface area contributed by atoms with Crippen LogP contribution in [0.1, 0.15) is 40.6 Å². The van der Waals surface area contributed by atoms with Gasteiger partial charge in [-0.25, -0.2) is 4.63 Å². The molecule has 0 spiro atoms. The SMILES string of the molecule is Cc1nonc1C(=O)N1CCC[C@H](c2[nH]ncc2-c2ccncc2)C1. The van der Waals surface area contributed by atoms with Gasteiger partial charge in [0, 0.05) is 42.7 Å². The zero-order chi connectivity index (χ0) is 17.2. The molecule has 1 atom stereocenters. The van der Waals surface area contributed by atoms with Crippen LogP contribution in [0.4, 0.5) is 0 Å². The maximum atomic E-state index is 12.7. The van der Waals surface area contributed by atoms with Crippen molar-refractivity contribution in [1.82, 2.24) is 30.4 Å². The molecule has 0 aromatic carbocycles. The van der Waals surface area contributed by atoms with Gasteiger partial charge in [-0.05, 0) is 42.6 Å². The largest absolute Gasteiger partial charge is 0.336 e. The highest BCUT2D eigenvalue weighted by molar-refractivity contribution is 5.93. The number of aromatic amines is 1. The molecule has 1 fully saturated rings. The summed E-state index contributed by atoms with van der Waals surface area (Å²) in [4.78, 5) is 18.6. The third-order valence-corrected chi connectivity index (χ3v) is 4.63. The number of aryl methyl sites for hydroxylation is 1. The van der Waals surface area contributed by atoms with Gasteiger partial charge in [0.05, 0.1) is 6.20 Å². The van der Waals surface area contributed by atoms with E-state index in [9.17, 15) is 4.79 Å². The molecule has 8 nitrogen and oxygen atoms in total. The smallest absolute Gasteiger partial charge is 0.278 e. The average molecular weight is 338 g/mol. The number of piperidine rings is 1. The van der Waals surface area contributed by atoms with E-state index in [1.165, 1.54) is 0 Å². The number of likely N-dealkylation sites (tertiary alicyclic amines) is 1. The Balaban J connectivity index is 1.58. The lowest BCUT2D eigenvalue weighted by molar-refractivity contribution is 0.0694. The molecule has 3 aromatic heterocycles. The summed E-state index contributed by atoms with van der Waals surface area (Å²) in [6.07, 6.45) is 7.29. The van der Waals surface area contributed by atoms with Crippen LogP contribution < -0.4 is 0 Å². The van der Waals surface area contributed by atoms with Crippen LogP contribution in [0.3, 0.4) is 0 Å². The molecule has 0 saturated carbocycles. The second-order valence-corrected chi connectivity index (χ2v) is 6.22. The molecule has 0 aliphatic carbocycles. The first-order chi connectivity index (χ1) is 12.2. The average Bonchev–Trinajstić information content (AvgIpc) is 3.31. The number of hydrogen-bond donors (Lipinski definition) is 1.